The summed E-state index contributed by atoms with van der Waals surface area (Å²) >= 11 is 1.27. The fraction of sp³-hybridized carbons (Fsp3) is 0.556. The molecule has 0 bridgehead atoms. The Balaban J connectivity index is 2.96. The van der Waals surface area contributed by atoms with E-state index in [-0.39, 0.29) is 0 Å². The maximum absolute atomic E-state index is 11.9. The fourth-order valence-corrected chi connectivity index (χ4v) is 3.71. The predicted octanol–water partition coefficient (Wildman–Crippen LogP) is 1.11. The Labute approximate surface area is 95.0 Å². The number of hydrogen-bond donors (Lipinski definition) is 1. The number of sulfonamides is 1. The Bertz CT molecular complexity index is 412. The van der Waals surface area contributed by atoms with Crippen LogP contribution in [0, 0.1) is 0 Å². The third kappa shape index (κ3) is 2.78. The SMILES string of the molecule is CCN(C)S(=O)(=O)c1cc(CNC)cs1. The summed E-state index contributed by atoms with van der Waals surface area (Å²) in [7, 11) is 0.165. The number of rotatable bonds is 5. The molecule has 1 N–H and O–H groups in total. The Morgan fingerprint density at radius 1 is 1.53 bits per heavy atom. The Morgan fingerprint density at radius 2 is 2.20 bits per heavy atom. The van der Waals surface area contributed by atoms with Crippen LogP contribution in [-0.2, 0) is 16.6 Å². The molecular formula is C9H16N2O2S2. The van der Waals surface area contributed by atoms with Gasteiger partial charge < -0.3 is 5.32 Å². The molecule has 4 nitrogen and oxygen atoms in total. The van der Waals surface area contributed by atoms with E-state index in [1.54, 1.807) is 13.1 Å². The summed E-state index contributed by atoms with van der Waals surface area (Å²) < 4.78 is 25.6. The van der Waals surface area contributed by atoms with E-state index in [9.17, 15) is 8.42 Å². The molecule has 0 spiro atoms. The van der Waals surface area contributed by atoms with Gasteiger partial charge in [-0.15, -0.1) is 11.3 Å². The molecule has 1 rings (SSSR count). The minimum atomic E-state index is -3.26. The zero-order chi connectivity index (χ0) is 11.5. The van der Waals surface area contributed by atoms with Crippen LogP contribution in [0.2, 0.25) is 0 Å². The first kappa shape index (κ1) is 12.6. The molecule has 86 valence electrons. The number of hydrogen-bond acceptors (Lipinski definition) is 4. The molecule has 0 aromatic carbocycles. The van der Waals surface area contributed by atoms with Crippen LogP contribution in [0.5, 0.6) is 0 Å². The van der Waals surface area contributed by atoms with Gasteiger partial charge in [0, 0.05) is 20.1 Å². The van der Waals surface area contributed by atoms with Crippen molar-refractivity contribution < 1.29 is 8.42 Å². The zero-order valence-electron chi connectivity index (χ0n) is 9.15. The van der Waals surface area contributed by atoms with Crippen molar-refractivity contribution in [2.45, 2.75) is 17.7 Å². The lowest BCUT2D eigenvalue weighted by atomic mass is 10.3. The molecule has 0 aliphatic rings. The standard InChI is InChI=1S/C9H16N2O2S2/c1-4-11(3)15(12,13)9-5-8(6-10-2)7-14-9/h5,7,10H,4,6H2,1-3H3. The Kier molecular flexibility index (Phi) is 4.27. The molecule has 0 amide bonds. The Hall–Kier alpha value is -0.430. The molecule has 0 saturated heterocycles. The maximum atomic E-state index is 11.9. The molecular weight excluding hydrogens is 232 g/mol. The van der Waals surface area contributed by atoms with Gasteiger partial charge in [-0.05, 0) is 24.1 Å². The van der Waals surface area contributed by atoms with Crippen LogP contribution in [0.4, 0.5) is 0 Å². The molecule has 0 aliphatic heterocycles. The largest absolute Gasteiger partial charge is 0.316 e. The molecule has 1 heterocycles. The van der Waals surface area contributed by atoms with E-state index in [0.717, 1.165) is 5.56 Å². The lowest BCUT2D eigenvalue weighted by Gasteiger charge is -2.12. The van der Waals surface area contributed by atoms with E-state index >= 15 is 0 Å². The maximum Gasteiger partial charge on any atom is 0.252 e. The molecule has 0 fully saturated rings. The average molecular weight is 248 g/mol. The highest BCUT2D eigenvalue weighted by Gasteiger charge is 2.20. The first-order valence-electron chi connectivity index (χ1n) is 4.70. The second-order valence-electron chi connectivity index (χ2n) is 3.22. The summed E-state index contributed by atoms with van der Waals surface area (Å²) in [4.78, 5) is 0. The molecule has 0 radical (unpaired) electrons. The van der Waals surface area contributed by atoms with Crippen LogP contribution in [0.25, 0.3) is 0 Å². The van der Waals surface area contributed by atoms with Crippen LogP contribution >= 0.6 is 11.3 Å². The molecule has 0 atom stereocenters. The summed E-state index contributed by atoms with van der Waals surface area (Å²) in [5.74, 6) is 0. The quantitative estimate of drug-likeness (QED) is 0.849. The van der Waals surface area contributed by atoms with Gasteiger partial charge in [0.2, 0.25) is 0 Å². The summed E-state index contributed by atoms with van der Waals surface area (Å²) in [5, 5.41) is 4.86. The van der Waals surface area contributed by atoms with E-state index in [1.807, 2.05) is 19.4 Å². The van der Waals surface area contributed by atoms with E-state index in [1.165, 1.54) is 15.6 Å². The number of nitrogens with zero attached hydrogens (tertiary/aromatic N) is 1. The van der Waals surface area contributed by atoms with Gasteiger partial charge >= 0.3 is 0 Å². The first-order chi connectivity index (χ1) is 7.02. The highest BCUT2D eigenvalue weighted by Crippen LogP contribution is 2.22. The van der Waals surface area contributed by atoms with Gasteiger partial charge in [-0.1, -0.05) is 6.92 Å². The lowest BCUT2D eigenvalue weighted by molar-refractivity contribution is 0.488. The molecule has 0 saturated carbocycles. The van der Waals surface area contributed by atoms with Crippen molar-refractivity contribution in [1.82, 2.24) is 9.62 Å². The molecule has 15 heavy (non-hydrogen) atoms. The van der Waals surface area contributed by atoms with Crippen molar-refractivity contribution in [3.8, 4) is 0 Å². The van der Waals surface area contributed by atoms with E-state index in [2.05, 4.69) is 5.32 Å². The smallest absolute Gasteiger partial charge is 0.252 e. The van der Waals surface area contributed by atoms with Gasteiger partial charge in [0.1, 0.15) is 4.21 Å². The normalized spacial score (nSPS) is 12.3. The summed E-state index contributed by atoms with van der Waals surface area (Å²) in [6.07, 6.45) is 0. The van der Waals surface area contributed by atoms with Crippen LogP contribution < -0.4 is 5.32 Å². The van der Waals surface area contributed by atoms with E-state index in [0.29, 0.717) is 17.3 Å². The monoisotopic (exact) mass is 248 g/mol. The molecule has 0 aliphatic carbocycles. The third-order valence-electron chi connectivity index (χ3n) is 2.12. The first-order valence-corrected chi connectivity index (χ1v) is 7.02. The Morgan fingerprint density at radius 3 is 2.73 bits per heavy atom. The van der Waals surface area contributed by atoms with Crippen LogP contribution in [0.3, 0.4) is 0 Å². The van der Waals surface area contributed by atoms with Gasteiger partial charge in [0.25, 0.3) is 10.0 Å². The van der Waals surface area contributed by atoms with Crippen molar-refractivity contribution in [2.24, 2.45) is 0 Å². The minimum Gasteiger partial charge on any atom is -0.316 e. The topological polar surface area (TPSA) is 49.4 Å². The van der Waals surface area contributed by atoms with Crippen molar-refractivity contribution in [1.29, 1.82) is 0 Å². The average Bonchev–Trinajstić information content (AvgIpc) is 2.66. The second kappa shape index (κ2) is 5.07. The van der Waals surface area contributed by atoms with Crippen LogP contribution in [0.1, 0.15) is 12.5 Å². The van der Waals surface area contributed by atoms with Gasteiger partial charge in [0.15, 0.2) is 0 Å². The van der Waals surface area contributed by atoms with Gasteiger partial charge in [-0.25, -0.2) is 12.7 Å². The molecule has 1 aromatic heterocycles. The molecule has 1 aromatic rings. The zero-order valence-corrected chi connectivity index (χ0v) is 10.8. The van der Waals surface area contributed by atoms with Gasteiger partial charge in [0.05, 0.1) is 0 Å². The van der Waals surface area contributed by atoms with Crippen molar-refractivity contribution >= 4 is 21.4 Å². The highest BCUT2D eigenvalue weighted by atomic mass is 32.2. The second-order valence-corrected chi connectivity index (χ2v) is 6.41. The predicted molar refractivity (Wildman–Crippen MR) is 62.6 cm³/mol. The van der Waals surface area contributed by atoms with Crippen LogP contribution in [-0.4, -0.2) is 33.4 Å². The van der Waals surface area contributed by atoms with E-state index in [4.69, 9.17) is 0 Å². The summed E-state index contributed by atoms with van der Waals surface area (Å²) in [5.41, 5.74) is 1.01. The molecule has 0 unspecified atom stereocenters. The van der Waals surface area contributed by atoms with E-state index < -0.39 is 10.0 Å². The summed E-state index contributed by atoms with van der Waals surface area (Å²) in [6, 6.07) is 1.72. The van der Waals surface area contributed by atoms with Crippen molar-refractivity contribution in [3.63, 3.8) is 0 Å². The molecule has 6 heteroatoms. The van der Waals surface area contributed by atoms with Gasteiger partial charge in [-0.2, -0.15) is 0 Å². The van der Waals surface area contributed by atoms with Crippen LogP contribution in [0.15, 0.2) is 15.7 Å². The summed E-state index contributed by atoms with van der Waals surface area (Å²) in [6.45, 7) is 3.00. The number of thiophene rings is 1. The van der Waals surface area contributed by atoms with Crippen molar-refractivity contribution in [3.05, 3.63) is 17.0 Å². The fourth-order valence-electron chi connectivity index (χ4n) is 1.11. The third-order valence-corrected chi connectivity index (χ3v) is 5.52. The minimum absolute atomic E-state index is 0.414. The number of nitrogens with one attached hydrogen (secondary N) is 1. The van der Waals surface area contributed by atoms with Gasteiger partial charge in [-0.3, -0.25) is 0 Å². The van der Waals surface area contributed by atoms with Crippen molar-refractivity contribution in [2.75, 3.05) is 20.6 Å². The lowest BCUT2D eigenvalue weighted by Crippen LogP contribution is -2.25. The highest BCUT2D eigenvalue weighted by molar-refractivity contribution is 7.91.